The third kappa shape index (κ3) is 5.62. The molecule has 0 aliphatic carbocycles. The van der Waals surface area contributed by atoms with Gasteiger partial charge in [-0.25, -0.2) is 0 Å². The van der Waals surface area contributed by atoms with Crippen LogP contribution in [0.4, 0.5) is 17.1 Å². The van der Waals surface area contributed by atoms with Crippen LogP contribution in [0.2, 0.25) is 0 Å². The smallest absolute Gasteiger partial charge is 0.0540 e. The Hall–Kier alpha value is -5.14. The van der Waals surface area contributed by atoms with Crippen LogP contribution in [0.15, 0.2) is 164 Å². The van der Waals surface area contributed by atoms with Gasteiger partial charge in [-0.05, 0) is 72.0 Å². The quantitative estimate of drug-likeness (QED) is 0.187. The minimum absolute atomic E-state index is 1.13. The summed E-state index contributed by atoms with van der Waals surface area (Å²) < 4.78 is 0. The zero-order valence-electron chi connectivity index (χ0n) is 23.5. The van der Waals surface area contributed by atoms with Crippen LogP contribution in [0.5, 0.6) is 0 Å². The predicted molar refractivity (Wildman–Crippen MR) is 175 cm³/mol. The van der Waals surface area contributed by atoms with E-state index in [1.54, 1.807) is 0 Å². The number of rotatable bonds is 7. The van der Waals surface area contributed by atoms with Gasteiger partial charge in [0.2, 0.25) is 0 Å². The van der Waals surface area contributed by atoms with Crippen molar-refractivity contribution in [3.63, 3.8) is 0 Å². The Balaban J connectivity index is 1.70. The molecule has 6 rings (SSSR count). The summed E-state index contributed by atoms with van der Waals surface area (Å²) >= 11 is 0. The molecule has 0 saturated heterocycles. The Labute approximate surface area is 243 Å². The number of para-hydroxylation sites is 1. The van der Waals surface area contributed by atoms with Gasteiger partial charge in [-0.3, -0.25) is 0 Å². The maximum Gasteiger partial charge on any atom is 0.0540 e. The van der Waals surface area contributed by atoms with E-state index in [2.05, 4.69) is 183 Å². The van der Waals surface area contributed by atoms with Crippen LogP contribution in [-0.2, 0) is 0 Å². The second-order valence-electron chi connectivity index (χ2n) is 10.4. The molecule has 6 aromatic rings. The third-order valence-corrected chi connectivity index (χ3v) is 7.44. The van der Waals surface area contributed by atoms with Crippen molar-refractivity contribution in [2.24, 2.45) is 0 Å². The highest BCUT2D eigenvalue weighted by molar-refractivity contribution is 6.07. The Morgan fingerprint density at radius 2 is 0.732 bits per heavy atom. The van der Waals surface area contributed by atoms with Crippen LogP contribution < -0.4 is 4.90 Å². The van der Waals surface area contributed by atoms with E-state index in [0.29, 0.717) is 0 Å². The minimum Gasteiger partial charge on any atom is -0.310 e. The maximum absolute atomic E-state index is 2.38. The lowest BCUT2D eigenvalue weighted by atomic mass is 9.85. The van der Waals surface area contributed by atoms with Gasteiger partial charge in [0.25, 0.3) is 0 Å². The molecular weight excluding hydrogens is 494 g/mol. The minimum atomic E-state index is 1.13. The molecule has 0 bridgehead atoms. The van der Waals surface area contributed by atoms with E-state index < -0.39 is 0 Å². The van der Waals surface area contributed by atoms with E-state index in [-0.39, 0.29) is 0 Å². The van der Waals surface area contributed by atoms with Crippen molar-refractivity contribution < 1.29 is 0 Å². The first-order valence-corrected chi connectivity index (χ1v) is 14.1. The lowest BCUT2D eigenvalue weighted by Crippen LogP contribution is -2.13. The Morgan fingerprint density at radius 3 is 1.17 bits per heavy atom. The van der Waals surface area contributed by atoms with Gasteiger partial charge in [-0.2, -0.15) is 0 Å². The molecule has 0 aromatic heterocycles. The molecule has 0 unspecified atom stereocenters. The fourth-order valence-electron chi connectivity index (χ4n) is 5.40. The molecule has 0 saturated carbocycles. The van der Waals surface area contributed by atoms with E-state index in [4.69, 9.17) is 0 Å². The Kier molecular flexibility index (Phi) is 7.60. The molecule has 0 N–H and O–H groups in total. The number of hydrogen-bond donors (Lipinski definition) is 0. The van der Waals surface area contributed by atoms with Crippen molar-refractivity contribution in [3.8, 4) is 0 Å². The molecule has 6 aromatic carbocycles. The zero-order chi connectivity index (χ0) is 28.0. The highest BCUT2D eigenvalue weighted by Gasteiger charge is 2.22. The monoisotopic (exact) mass is 527 g/mol. The molecule has 0 heterocycles. The lowest BCUT2D eigenvalue weighted by molar-refractivity contribution is 1.26. The molecule has 0 spiro atoms. The van der Waals surface area contributed by atoms with Gasteiger partial charge in [-0.15, -0.1) is 0 Å². The van der Waals surface area contributed by atoms with Crippen LogP contribution in [0.1, 0.15) is 33.4 Å². The summed E-state index contributed by atoms with van der Waals surface area (Å²) in [6.45, 7) is 4.27. The van der Waals surface area contributed by atoms with Crippen LogP contribution in [0.3, 0.4) is 0 Å². The van der Waals surface area contributed by atoms with E-state index in [9.17, 15) is 0 Å². The summed E-state index contributed by atoms with van der Waals surface area (Å²) in [4.78, 5) is 2.38. The van der Waals surface area contributed by atoms with Gasteiger partial charge < -0.3 is 4.90 Å². The summed E-state index contributed by atoms with van der Waals surface area (Å²) in [6, 6.07) is 58.7. The molecule has 1 heteroatoms. The second-order valence-corrected chi connectivity index (χ2v) is 10.4. The van der Waals surface area contributed by atoms with Crippen molar-refractivity contribution in [1.29, 1.82) is 0 Å². The summed E-state index contributed by atoms with van der Waals surface area (Å²) in [7, 11) is 0. The van der Waals surface area contributed by atoms with E-state index in [1.807, 2.05) is 0 Å². The molecule has 0 aliphatic rings. The van der Waals surface area contributed by atoms with Crippen molar-refractivity contribution in [1.82, 2.24) is 0 Å². The molecule has 198 valence electrons. The summed E-state index contributed by atoms with van der Waals surface area (Å²) in [6.07, 6.45) is 0. The molecule has 0 radical (unpaired) electrons. The fraction of sp³-hybridized carbons (Fsp3) is 0.0500. The summed E-state index contributed by atoms with van der Waals surface area (Å²) in [5.74, 6) is 0. The SMILES string of the molecule is Cc1ccc(N(c2ccc(C)cc2)c2ccccc2C(=C(c2ccccc2)c2ccccc2)c2ccccc2)cc1. The highest BCUT2D eigenvalue weighted by atomic mass is 15.1. The zero-order valence-corrected chi connectivity index (χ0v) is 23.5. The van der Waals surface area contributed by atoms with Gasteiger partial charge in [0.15, 0.2) is 0 Å². The maximum atomic E-state index is 2.38. The van der Waals surface area contributed by atoms with Gasteiger partial charge in [0.05, 0.1) is 5.69 Å². The van der Waals surface area contributed by atoms with E-state index in [0.717, 1.165) is 17.1 Å². The van der Waals surface area contributed by atoms with Crippen molar-refractivity contribution in [2.75, 3.05) is 4.90 Å². The topological polar surface area (TPSA) is 3.24 Å². The molecule has 0 atom stereocenters. The number of benzene rings is 6. The van der Waals surface area contributed by atoms with E-state index in [1.165, 1.54) is 44.5 Å². The number of anilines is 3. The predicted octanol–water partition coefficient (Wildman–Crippen LogP) is 10.8. The average molecular weight is 528 g/mol. The fourth-order valence-corrected chi connectivity index (χ4v) is 5.40. The molecular formula is C40H33N. The van der Waals surface area contributed by atoms with Crippen LogP contribution in [0.25, 0.3) is 11.1 Å². The largest absolute Gasteiger partial charge is 0.310 e. The number of nitrogens with zero attached hydrogens (tertiary/aromatic N) is 1. The third-order valence-electron chi connectivity index (χ3n) is 7.44. The first kappa shape index (κ1) is 26.1. The summed E-state index contributed by atoms with van der Waals surface area (Å²) in [5.41, 5.74) is 13.0. The Morgan fingerprint density at radius 1 is 0.366 bits per heavy atom. The molecule has 0 fully saturated rings. The van der Waals surface area contributed by atoms with Gasteiger partial charge >= 0.3 is 0 Å². The summed E-state index contributed by atoms with van der Waals surface area (Å²) in [5, 5.41) is 0. The van der Waals surface area contributed by atoms with Gasteiger partial charge in [-0.1, -0.05) is 145 Å². The highest BCUT2D eigenvalue weighted by Crippen LogP contribution is 2.44. The van der Waals surface area contributed by atoms with Gasteiger partial charge in [0, 0.05) is 16.9 Å². The molecule has 1 nitrogen and oxygen atoms in total. The molecule has 0 amide bonds. The number of hydrogen-bond acceptors (Lipinski definition) is 1. The molecule has 41 heavy (non-hydrogen) atoms. The van der Waals surface area contributed by atoms with Gasteiger partial charge in [0.1, 0.15) is 0 Å². The average Bonchev–Trinajstić information content (AvgIpc) is 3.03. The number of aryl methyl sites for hydroxylation is 2. The lowest BCUT2D eigenvalue weighted by Gasteiger charge is -2.29. The first-order valence-electron chi connectivity index (χ1n) is 14.1. The van der Waals surface area contributed by atoms with Crippen LogP contribution in [-0.4, -0.2) is 0 Å². The van der Waals surface area contributed by atoms with Crippen molar-refractivity contribution >= 4 is 28.2 Å². The first-order chi connectivity index (χ1) is 20.2. The Bertz CT molecular complexity index is 1660. The normalized spacial score (nSPS) is 10.7. The second kappa shape index (κ2) is 11.9. The van der Waals surface area contributed by atoms with Crippen molar-refractivity contribution in [2.45, 2.75) is 13.8 Å². The van der Waals surface area contributed by atoms with E-state index >= 15 is 0 Å². The van der Waals surface area contributed by atoms with Crippen LogP contribution >= 0.6 is 0 Å². The standard InChI is InChI=1S/C40H33N/c1-30-22-26-35(27-23-30)41(36-28-24-31(2)25-29-36)38-21-13-12-20-37(38)40(34-18-10-5-11-19-34)39(32-14-6-3-7-15-32)33-16-8-4-9-17-33/h3-29H,1-2H3. The van der Waals surface area contributed by atoms with Crippen molar-refractivity contribution in [3.05, 3.63) is 197 Å². The molecule has 0 aliphatic heterocycles. The van der Waals surface area contributed by atoms with Crippen LogP contribution in [0, 0.1) is 13.8 Å².